The number of carbonyl (C=O) groups excluding carboxylic acids is 4. The molecule has 1 fully saturated rings. The number of para-hydroxylation sites is 2. The van der Waals surface area contributed by atoms with Crippen LogP contribution in [0, 0.1) is 0 Å². The number of benzene rings is 1. The maximum absolute atomic E-state index is 12.9. The van der Waals surface area contributed by atoms with E-state index in [4.69, 9.17) is 9.47 Å². The summed E-state index contributed by atoms with van der Waals surface area (Å²) in [6, 6.07) is 6.11. The fourth-order valence-electron chi connectivity index (χ4n) is 3.50. The molecule has 2 aliphatic heterocycles. The summed E-state index contributed by atoms with van der Waals surface area (Å²) in [6.07, 6.45) is -0.616. The van der Waals surface area contributed by atoms with Crippen molar-refractivity contribution in [1.29, 1.82) is 0 Å². The molecule has 1 saturated heterocycles. The number of amides is 3. The summed E-state index contributed by atoms with van der Waals surface area (Å²) in [4.78, 5) is 52.6. The van der Waals surface area contributed by atoms with Gasteiger partial charge < -0.3 is 14.8 Å². The molecular weight excluding hydrogens is 390 g/mol. The predicted octanol–water partition coefficient (Wildman–Crippen LogP) is 2.30. The van der Waals surface area contributed by atoms with Crippen molar-refractivity contribution in [1.82, 2.24) is 4.90 Å². The average Bonchev–Trinajstić information content (AvgIpc) is 3.15. The van der Waals surface area contributed by atoms with Crippen molar-refractivity contribution in [3.05, 3.63) is 24.3 Å². The van der Waals surface area contributed by atoms with Crippen LogP contribution in [0.25, 0.3) is 0 Å². The zero-order valence-corrected chi connectivity index (χ0v) is 17.6. The van der Waals surface area contributed by atoms with E-state index >= 15 is 0 Å². The monoisotopic (exact) mass is 417 g/mol. The highest BCUT2D eigenvalue weighted by atomic mass is 16.6. The molecule has 1 aromatic carbocycles. The number of hydrogen-bond donors (Lipinski definition) is 1. The van der Waals surface area contributed by atoms with Crippen LogP contribution in [0.15, 0.2) is 24.3 Å². The van der Waals surface area contributed by atoms with Gasteiger partial charge in [-0.05, 0) is 52.7 Å². The number of carbonyl (C=O) groups is 4. The van der Waals surface area contributed by atoms with Crippen LogP contribution >= 0.6 is 0 Å². The number of nitrogens with one attached hydrogen (secondary N) is 1. The van der Waals surface area contributed by atoms with E-state index in [0.717, 1.165) is 0 Å². The summed E-state index contributed by atoms with van der Waals surface area (Å²) in [5.74, 6) is -1.49. The van der Waals surface area contributed by atoms with E-state index in [9.17, 15) is 19.2 Å². The maximum Gasteiger partial charge on any atom is 0.411 e. The molecule has 1 N–H and O–H groups in total. The molecule has 3 rings (SSSR count). The lowest BCUT2D eigenvalue weighted by atomic mass is 10.1. The van der Waals surface area contributed by atoms with Gasteiger partial charge in [0, 0.05) is 6.54 Å². The molecule has 30 heavy (non-hydrogen) atoms. The van der Waals surface area contributed by atoms with Crippen LogP contribution in [-0.4, -0.2) is 59.6 Å². The van der Waals surface area contributed by atoms with Crippen molar-refractivity contribution in [2.45, 2.75) is 58.3 Å². The molecule has 3 amide bonds. The van der Waals surface area contributed by atoms with Crippen LogP contribution in [0.5, 0.6) is 0 Å². The van der Waals surface area contributed by atoms with Gasteiger partial charge in [-0.25, -0.2) is 9.59 Å². The Morgan fingerprint density at radius 1 is 1.20 bits per heavy atom. The smallest absolute Gasteiger partial charge is 0.411 e. The molecule has 2 heterocycles. The minimum atomic E-state index is -1.11. The first-order chi connectivity index (χ1) is 14.1. The van der Waals surface area contributed by atoms with Gasteiger partial charge in [-0.15, -0.1) is 0 Å². The van der Waals surface area contributed by atoms with E-state index in [0.29, 0.717) is 30.8 Å². The Hall–Kier alpha value is -3.10. The van der Waals surface area contributed by atoms with Gasteiger partial charge in [0.15, 0.2) is 6.10 Å². The van der Waals surface area contributed by atoms with Crippen molar-refractivity contribution < 1.29 is 28.7 Å². The topological polar surface area (TPSA) is 105 Å². The van der Waals surface area contributed by atoms with Crippen molar-refractivity contribution in [2.75, 3.05) is 23.3 Å². The molecule has 9 nitrogen and oxygen atoms in total. The van der Waals surface area contributed by atoms with Crippen molar-refractivity contribution >= 4 is 35.3 Å². The normalized spacial score (nSPS) is 19.6. The standard InChI is InChI=1S/C21H27N3O6/c1-13(18(26)24-12-17(25)22-14-8-5-6-9-15(14)24)29-19(27)16-10-7-11-23(16)20(28)30-21(2,3)4/h5-6,8-9,13,16H,7,10-12H2,1-4H3,(H,22,25)/t13-,16+/m1/s1. The van der Waals surface area contributed by atoms with Gasteiger partial charge in [-0.3, -0.25) is 19.4 Å². The number of fused-ring (bicyclic) bond motifs is 1. The molecule has 9 heteroatoms. The van der Waals surface area contributed by atoms with Gasteiger partial charge in [0.05, 0.1) is 11.4 Å². The summed E-state index contributed by atoms with van der Waals surface area (Å²) in [7, 11) is 0. The van der Waals surface area contributed by atoms with Gasteiger partial charge in [-0.1, -0.05) is 12.1 Å². The van der Waals surface area contributed by atoms with Crippen LogP contribution in [0.2, 0.25) is 0 Å². The fourth-order valence-corrected chi connectivity index (χ4v) is 3.50. The third kappa shape index (κ3) is 4.72. The molecule has 162 valence electrons. The fraction of sp³-hybridized carbons (Fsp3) is 0.524. The van der Waals surface area contributed by atoms with Crippen LogP contribution < -0.4 is 10.2 Å². The number of hydrogen-bond acceptors (Lipinski definition) is 6. The Balaban J connectivity index is 1.67. The summed E-state index contributed by atoms with van der Waals surface area (Å²) >= 11 is 0. The largest absolute Gasteiger partial charge is 0.451 e. The van der Waals surface area contributed by atoms with Crippen molar-refractivity contribution in [3.63, 3.8) is 0 Å². The lowest BCUT2D eigenvalue weighted by Crippen LogP contribution is -2.49. The van der Waals surface area contributed by atoms with Gasteiger partial charge in [0.2, 0.25) is 5.91 Å². The van der Waals surface area contributed by atoms with Crippen LogP contribution in [0.4, 0.5) is 16.2 Å². The third-order valence-corrected chi connectivity index (χ3v) is 4.83. The van der Waals surface area contributed by atoms with Crippen LogP contribution in [0.1, 0.15) is 40.5 Å². The number of likely N-dealkylation sites (tertiary alicyclic amines) is 1. The summed E-state index contributed by atoms with van der Waals surface area (Å²) in [5.41, 5.74) is 0.383. The van der Waals surface area contributed by atoms with E-state index in [1.165, 1.54) is 16.7 Å². The first-order valence-corrected chi connectivity index (χ1v) is 9.97. The Kier molecular flexibility index (Phi) is 6.00. The molecule has 2 aliphatic rings. The van der Waals surface area contributed by atoms with Gasteiger partial charge >= 0.3 is 12.1 Å². The minimum Gasteiger partial charge on any atom is -0.451 e. The van der Waals surface area contributed by atoms with Gasteiger partial charge in [0.1, 0.15) is 18.2 Å². The lowest BCUT2D eigenvalue weighted by molar-refractivity contribution is -0.158. The second-order valence-corrected chi connectivity index (χ2v) is 8.40. The molecule has 0 aromatic heterocycles. The maximum atomic E-state index is 12.9. The number of esters is 1. The van der Waals surface area contributed by atoms with E-state index < -0.39 is 35.7 Å². The molecule has 0 saturated carbocycles. The minimum absolute atomic E-state index is 0.162. The number of rotatable bonds is 3. The SMILES string of the molecule is C[C@@H](OC(=O)[C@@H]1CCCN1C(=O)OC(C)(C)C)C(=O)N1CC(=O)Nc2ccccc21. The molecular formula is C21H27N3O6. The van der Waals surface area contributed by atoms with E-state index in [2.05, 4.69) is 5.32 Å². The molecule has 0 spiro atoms. The Labute approximate surface area is 175 Å². The molecule has 0 unspecified atom stereocenters. The predicted molar refractivity (Wildman–Crippen MR) is 109 cm³/mol. The van der Waals surface area contributed by atoms with Crippen molar-refractivity contribution in [2.24, 2.45) is 0 Å². The number of anilines is 2. The van der Waals surface area contributed by atoms with E-state index in [-0.39, 0.29) is 12.5 Å². The highest BCUT2D eigenvalue weighted by Gasteiger charge is 2.39. The van der Waals surface area contributed by atoms with Crippen molar-refractivity contribution in [3.8, 4) is 0 Å². The molecule has 0 aliphatic carbocycles. The van der Waals surface area contributed by atoms with E-state index in [1.807, 2.05) is 0 Å². The first-order valence-electron chi connectivity index (χ1n) is 9.97. The Morgan fingerprint density at radius 2 is 1.90 bits per heavy atom. The second-order valence-electron chi connectivity index (χ2n) is 8.40. The summed E-state index contributed by atoms with van der Waals surface area (Å²) in [5, 5.41) is 2.71. The zero-order valence-electron chi connectivity index (χ0n) is 17.6. The Bertz CT molecular complexity index is 863. The average molecular weight is 417 g/mol. The van der Waals surface area contributed by atoms with Crippen LogP contribution in [0.3, 0.4) is 0 Å². The highest BCUT2D eigenvalue weighted by molar-refractivity contribution is 6.11. The lowest BCUT2D eigenvalue weighted by Gasteiger charge is -2.31. The number of nitrogens with zero attached hydrogens (tertiary/aromatic N) is 2. The Morgan fingerprint density at radius 3 is 2.60 bits per heavy atom. The molecule has 1 aromatic rings. The summed E-state index contributed by atoms with van der Waals surface area (Å²) < 4.78 is 10.8. The van der Waals surface area contributed by atoms with Gasteiger partial charge in [-0.2, -0.15) is 0 Å². The van der Waals surface area contributed by atoms with E-state index in [1.54, 1.807) is 45.0 Å². The van der Waals surface area contributed by atoms with Gasteiger partial charge in [0.25, 0.3) is 5.91 Å². The quantitative estimate of drug-likeness (QED) is 0.757. The zero-order chi connectivity index (χ0) is 22.1. The third-order valence-electron chi connectivity index (χ3n) is 4.83. The highest BCUT2D eigenvalue weighted by Crippen LogP contribution is 2.30. The molecule has 0 bridgehead atoms. The van der Waals surface area contributed by atoms with Crippen LogP contribution in [-0.2, 0) is 23.9 Å². The number of ether oxygens (including phenoxy) is 2. The first kappa shape index (κ1) is 21.6. The molecule has 2 atom stereocenters. The second kappa shape index (κ2) is 8.33. The summed E-state index contributed by atoms with van der Waals surface area (Å²) in [6.45, 7) is 6.94. The molecule has 0 radical (unpaired) electrons.